The van der Waals surface area contributed by atoms with Crippen LogP contribution in [0.3, 0.4) is 0 Å². The van der Waals surface area contributed by atoms with Gasteiger partial charge in [-0.1, -0.05) is 32.9 Å². The summed E-state index contributed by atoms with van der Waals surface area (Å²) >= 11 is 1.70. The summed E-state index contributed by atoms with van der Waals surface area (Å²) in [5.41, 5.74) is 0.732. The van der Waals surface area contributed by atoms with E-state index in [1.807, 2.05) is 31.2 Å². The summed E-state index contributed by atoms with van der Waals surface area (Å²) in [6, 6.07) is 7.69. The number of aliphatic hydroxyl groups is 1. The summed E-state index contributed by atoms with van der Waals surface area (Å²) in [6.45, 7) is 8.62. The van der Waals surface area contributed by atoms with Crippen LogP contribution >= 0.6 is 11.8 Å². The maximum Gasteiger partial charge on any atom is 0.252 e. The van der Waals surface area contributed by atoms with Gasteiger partial charge in [0.05, 0.1) is 11.7 Å². The van der Waals surface area contributed by atoms with E-state index in [0.717, 1.165) is 10.5 Å². The Kier molecular flexibility index (Phi) is 7.10. The largest absolute Gasteiger partial charge is 0.393 e. The molecule has 2 atom stereocenters. The minimum absolute atomic E-state index is 0.0359. The molecule has 1 aromatic carbocycles. The SMILES string of the molecule is CC(O)CC(C)CNC(=O)c1ccccc1SC(C)C. The van der Waals surface area contributed by atoms with Crippen molar-refractivity contribution in [2.45, 2.75) is 50.4 Å². The minimum atomic E-state index is -0.328. The molecule has 1 aromatic rings. The first-order valence-corrected chi connectivity index (χ1v) is 8.00. The quantitative estimate of drug-likeness (QED) is 0.759. The second-order valence-corrected chi connectivity index (χ2v) is 7.18. The van der Waals surface area contributed by atoms with Crippen molar-refractivity contribution < 1.29 is 9.90 Å². The van der Waals surface area contributed by atoms with Gasteiger partial charge in [0.15, 0.2) is 0 Å². The number of amides is 1. The molecule has 0 saturated carbocycles. The number of benzene rings is 1. The zero-order valence-electron chi connectivity index (χ0n) is 12.7. The molecular formula is C16H25NO2S. The normalized spacial score (nSPS) is 14.1. The molecule has 0 aromatic heterocycles. The highest BCUT2D eigenvalue weighted by atomic mass is 32.2. The van der Waals surface area contributed by atoms with Crippen LogP contribution in [0.15, 0.2) is 29.2 Å². The second-order valence-electron chi connectivity index (χ2n) is 5.56. The van der Waals surface area contributed by atoms with Gasteiger partial charge in [0.1, 0.15) is 0 Å². The lowest BCUT2D eigenvalue weighted by Gasteiger charge is -2.15. The Balaban J connectivity index is 2.63. The average molecular weight is 295 g/mol. The molecule has 0 aliphatic heterocycles. The van der Waals surface area contributed by atoms with E-state index in [0.29, 0.717) is 18.2 Å². The van der Waals surface area contributed by atoms with Crippen molar-refractivity contribution in [2.24, 2.45) is 5.92 Å². The molecule has 0 heterocycles. The lowest BCUT2D eigenvalue weighted by molar-refractivity contribution is 0.0936. The number of hydrogen-bond acceptors (Lipinski definition) is 3. The predicted octanol–water partition coefficient (Wildman–Crippen LogP) is 3.32. The molecule has 0 fully saturated rings. The zero-order valence-corrected chi connectivity index (χ0v) is 13.5. The Labute approximate surface area is 126 Å². The van der Waals surface area contributed by atoms with Gasteiger partial charge in [0, 0.05) is 16.7 Å². The number of hydrogen-bond donors (Lipinski definition) is 2. The van der Waals surface area contributed by atoms with E-state index in [2.05, 4.69) is 19.2 Å². The molecule has 0 saturated heterocycles. The number of aliphatic hydroxyl groups excluding tert-OH is 1. The van der Waals surface area contributed by atoms with Gasteiger partial charge in [-0.3, -0.25) is 4.79 Å². The minimum Gasteiger partial charge on any atom is -0.393 e. The first kappa shape index (κ1) is 17.1. The molecule has 0 bridgehead atoms. The molecule has 3 nitrogen and oxygen atoms in total. The van der Waals surface area contributed by atoms with E-state index >= 15 is 0 Å². The van der Waals surface area contributed by atoms with Crippen molar-refractivity contribution in [2.75, 3.05) is 6.54 Å². The van der Waals surface area contributed by atoms with Gasteiger partial charge >= 0.3 is 0 Å². The molecule has 2 unspecified atom stereocenters. The fraction of sp³-hybridized carbons (Fsp3) is 0.562. The highest BCUT2D eigenvalue weighted by Gasteiger charge is 2.13. The van der Waals surface area contributed by atoms with E-state index in [1.54, 1.807) is 18.7 Å². The molecule has 112 valence electrons. The Hall–Kier alpha value is -1.00. The Morgan fingerprint density at radius 3 is 2.50 bits per heavy atom. The third-order valence-electron chi connectivity index (χ3n) is 2.85. The van der Waals surface area contributed by atoms with Gasteiger partial charge in [-0.05, 0) is 31.4 Å². The maximum absolute atomic E-state index is 12.3. The van der Waals surface area contributed by atoms with Gasteiger partial charge < -0.3 is 10.4 Å². The Morgan fingerprint density at radius 2 is 1.90 bits per heavy atom. The van der Waals surface area contributed by atoms with Crippen molar-refractivity contribution in [3.63, 3.8) is 0 Å². The predicted molar refractivity (Wildman–Crippen MR) is 85.2 cm³/mol. The molecule has 0 spiro atoms. The number of rotatable bonds is 7. The van der Waals surface area contributed by atoms with Gasteiger partial charge in [0.2, 0.25) is 0 Å². The van der Waals surface area contributed by atoms with E-state index in [9.17, 15) is 9.90 Å². The summed E-state index contributed by atoms with van der Waals surface area (Å²) in [5.74, 6) is 0.232. The summed E-state index contributed by atoms with van der Waals surface area (Å²) in [6.07, 6.45) is 0.369. The monoisotopic (exact) mass is 295 g/mol. The van der Waals surface area contributed by atoms with Gasteiger partial charge in [-0.15, -0.1) is 11.8 Å². The van der Waals surface area contributed by atoms with Gasteiger partial charge in [-0.25, -0.2) is 0 Å². The molecule has 1 rings (SSSR count). The Morgan fingerprint density at radius 1 is 1.25 bits per heavy atom. The fourth-order valence-corrected chi connectivity index (χ4v) is 2.99. The third kappa shape index (κ3) is 5.97. The number of carbonyl (C=O) groups is 1. The lowest BCUT2D eigenvalue weighted by atomic mass is 10.0. The number of thioether (sulfide) groups is 1. The van der Waals surface area contributed by atoms with Crippen LogP contribution in [0, 0.1) is 5.92 Å². The maximum atomic E-state index is 12.3. The topological polar surface area (TPSA) is 49.3 Å². The van der Waals surface area contributed by atoms with Crippen LogP contribution in [0.4, 0.5) is 0 Å². The summed E-state index contributed by atoms with van der Waals surface area (Å²) in [5, 5.41) is 12.7. The molecular weight excluding hydrogens is 270 g/mol. The number of nitrogens with one attached hydrogen (secondary N) is 1. The molecule has 0 aliphatic carbocycles. The van der Waals surface area contributed by atoms with E-state index < -0.39 is 0 Å². The first-order valence-electron chi connectivity index (χ1n) is 7.12. The van der Waals surface area contributed by atoms with Crippen LogP contribution in [0.5, 0.6) is 0 Å². The van der Waals surface area contributed by atoms with Crippen LogP contribution in [-0.4, -0.2) is 28.9 Å². The molecule has 20 heavy (non-hydrogen) atoms. The Bertz CT molecular complexity index is 432. The van der Waals surface area contributed by atoms with E-state index in [4.69, 9.17) is 0 Å². The highest BCUT2D eigenvalue weighted by Crippen LogP contribution is 2.26. The van der Waals surface area contributed by atoms with Crippen LogP contribution in [0.25, 0.3) is 0 Å². The van der Waals surface area contributed by atoms with Crippen molar-refractivity contribution in [3.05, 3.63) is 29.8 Å². The van der Waals surface area contributed by atoms with Crippen molar-refractivity contribution in [1.82, 2.24) is 5.32 Å². The molecule has 0 radical (unpaired) electrons. The van der Waals surface area contributed by atoms with Gasteiger partial charge in [-0.2, -0.15) is 0 Å². The van der Waals surface area contributed by atoms with E-state index in [1.165, 1.54) is 0 Å². The standard InChI is InChI=1S/C16H25NO2S/c1-11(2)20-15-8-6-5-7-14(15)16(19)17-10-12(3)9-13(4)18/h5-8,11-13,18H,9-10H2,1-4H3,(H,17,19). The van der Waals surface area contributed by atoms with Crippen LogP contribution < -0.4 is 5.32 Å². The number of carbonyl (C=O) groups excluding carboxylic acids is 1. The smallest absolute Gasteiger partial charge is 0.252 e. The third-order valence-corrected chi connectivity index (χ3v) is 3.93. The summed E-state index contributed by atoms with van der Waals surface area (Å²) in [4.78, 5) is 13.3. The molecule has 2 N–H and O–H groups in total. The van der Waals surface area contributed by atoms with Crippen molar-refractivity contribution >= 4 is 17.7 Å². The second kappa shape index (κ2) is 8.32. The highest BCUT2D eigenvalue weighted by molar-refractivity contribution is 8.00. The zero-order chi connectivity index (χ0) is 15.1. The van der Waals surface area contributed by atoms with Crippen LogP contribution in [-0.2, 0) is 0 Å². The van der Waals surface area contributed by atoms with E-state index in [-0.39, 0.29) is 17.9 Å². The molecule has 0 aliphatic rings. The summed E-state index contributed by atoms with van der Waals surface area (Å²) in [7, 11) is 0. The average Bonchev–Trinajstić information content (AvgIpc) is 2.35. The fourth-order valence-electron chi connectivity index (χ4n) is 2.04. The lowest BCUT2D eigenvalue weighted by Crippen LogP contribution is -2.29. The molecule has 4 heteroatoms. The van der Waals surface area contributed by atoms with Crippen molar-refractivity contribution in [3.8, 4) is 0 Å². The first-order chi connectivity index (χ1) is 9.40. The molecule has 1 amide bonds. The summed E-state index contributed by atoms with van der Waals surface area (Å²) < 4.78 is 0. The van der Waals surface area contributed by atoms with Crippen LogP contribution in [0.2, 0.25) is 0 Å². The van der Waals surface area contributed by atoms with Gasteiger partial charge in [0.25, 0.3) is 5.91 Å². The van der Waals surface area contributed by atoms with Crippen LogP contribution in [0.1, 0.15) is 44.5 Å². The van der Waals surface area contributed by atoms with Crippen molar-refractivity contribution in [1.29, 1.82) is 0 Å².